The number of aromatic nitrogens is 2. The van der Waals surface area contributed by atoms with Gasteiger partial charge in [0.2, 0.25) is 0 Å². The predicted molar refractivity (Wildman–Crippen MR) is 80.8 cm³/mol. The molecular formula is C14H17N5O2. The highest BCUT2D eigenvalue weighted by atomic mass is 16.6. The summed E-state index contributed by atoms with van der Waals surface area (Å²) in [5, 5.41) is 11.1. The molecule has 1 aromatic carbocycles. The molecule has 3 N–H and O–H groups in total. The highest BCUT2D eigenvalue weighted by molar-refractivity contribution is 5.69. The van der Waals surface area contributed by atoms with E-state index in [2.05, 4.69) is 15.4 Å². The van der Waals surface area contributed by atoms with Gasteiger partial charge in [-0.3, -0.25) is 10.1 Å². The lowest BCUT2D eigenvalue weighted by Gasteiger charge is -2.15. The van der Waals surface area contributed by atoms with E-state index >= 15 is 0 Å². The van der Waals surface area contributed by atoms with Crippen LogP contribution < -0.4 is 11.3 Å². The van der Waals surface area contributed by atoms with Gasteiger partial charge in [-0.1, -0.05) is 26.0 Å². The van der Waals surface area contributed by atoms with Gasteiger partial charge in [0.1, 0.15) is 5.82 Å². The number of nitro groups is 1. The minimum absolute atomic E-state index is 0.0304. The number of nitrogens with two attached hydrogens (primary N) is 1. The van der Waals surface area contributed by atoms with E-state index in [0.717, 1.165) is 11.3 Å². The van der Waals surface area contributed by atoms with Gasteiger partial charge in [-0.2, -0.15) is 0 Å². The summed E-state index contributed by atoms with van der Waals surface area (Å²) in [5.41, 5.74) is 4.55. The van der Waals surface area contributed by atoms with Crippen molar-refractivity contribution in [2.24, 2.45) is 5.84 Å². The molecule has 0 saturated heterocycles. The van der Waals surface area contributed by atoms with Crippen molar-refractivity contribution in [1.29, 1.82) is 0 Å². The third-order valence-electron chi connectivity index (χ3n) is 3.19. The Labute approximate surface area is 122 Å². The monoisotopic (exact) mass is 287 g/mol. The molecule has 110 valence electrons. The normalized spacial score (nSPS) is 10.7. The summed E-state index contributed by atoms with van der Waals surface area (Å²) in [7, 11) is 0. The first-order chi connectivity index (χ1) is 9.95. The Morgan fingerprint density at radius 3 is 2.52 bits per heavy atom. The summed E-state index contributed by atoms with van der Waals surface area (Å²) in [4.78, 5) is 19.4. The maximum Gasteiger partial charge on any atom is 0.280 e. The number of nitro benzene ring substituents is 1. The van der Waals surface area contributed by atoms with Crippen LogP contribution in [0.4, 0.5) is 11.5 Å². The maximum atomic E-state index is 11.1. The summed E-state index contributed by atoms with van der Waals surface area (Å²) in [6, 6.07) is 6.38. The van der Waals surface area contributed by atoms with Crippen LogP contribution in [0.25, 0.3) is 11.4 Å². The van der Waals surface area contributed by atoms with Gasteiger partial charge in [-0.25, -0.2) is 15.8 Å². The molecule has 1 aromatic heterocycles. The molecule has 0 fully saturated rings. The topological polar surface area (TPSA) is 107 Å². The molecule has 2 rings (SSSR count). The van der Waals surface area contributed by atoms with Gasteiger partial charge in [0.15, 0.2) is 5.82 Å². The van der Waals surface area contributed by atoms with E-state index in [1.807, 2.05) is 20.8 Å². The maximum absolute atomic E-state index is 11.1. The lowest BCUT2D eigenvalue weighted by atomic mass is 10.0. The molecule has 0 spiro atoms. The van der Waals surface area contributed by atoms with E-state index in [1.165, 1.54) is 6.07 Å². The number of nitrogen functional groups attached to an aromatic ring is 1. The fraction of sp³-hybridized carbons (Fsp3) is 0.286. The smallest absolute Gasteiger partial charge is 0.280 e. The van der Waals surface area contributed by atoms with Gasteiger partial charge in [0, 0.05) is 17.3 Å². The first-order valence-corrected chi connectivity index (χ1v) is 6.54. The summed E-state index contributed by atoms with van der Waals surface area (Å²) in [5.74, 6) is 6.50. The lowest BCUT2D eigenvalue weighted by Crippen LogP contribution is -2.14. The molecule has 0 unspecified atom stereocenters. The molecule has 21 heavy (non-hydrogen) atoms. The lowest BCUT2D eigenvalue weighted by molar-refractivity contribution is -0.384. The molecule has 0 amide bonds. The second-order valence-electron chi connectivity index (χ2n) is 4.97. The Kier molecular flexibility index (Phi) is 4.13. The van der Waals surface area contributed by atoms with Gasteiger partial charge in [0.05, 0.1) is 10.5 Å². The number of benzene rings is 1. The van der Waals surface area contributed by atoms with Crippen LogP contribution in [0.5, 0.6) is 0 Å². The van der Waals surface area contributed by atoms with E-state index in [4.69, 9.17) is 5.84 Å². The van der Waals surface area contributed by atoms with Crippen LogP contribution in [0.15, 0.2) is 24.3 Å². The van der Waals surface area contributed by atoms with Crippen molar-refractivity contribution < 1.29 is 4.92 Å². The Morgan fingerprint density at radius 2 is 1.95 bits per heavy atom. The van der Waals surface area contributed by atoms with Crippen LogP contribution in [0.2, 0.25) is 0 Å². The molecular weight excluding hydrogens is 270 g/mol. The zero-order chi connectivity index (χ0) is 15.6. The molecule has 0 aliphatic rings. The summed E-state index contributed by atoms with van der Waals surface area (Å²) >= 11 is 0. The standard InChI is InChI=1S/C14H17N5O2/c1-8(2)12-9(3)16-13(17-14(12)18-15)10-6-4-5-7-11(10)19(20)21/h4-8H,15H2,1-3H3,(H,16,17,18). The highest BCUT2D eigenvalue weighted by Crippen LogP contribution is 2.31. The van der Waals surface area contributed by atoms with Crippen molar-refractivity contribution in [3.8, 4) is 11.4 Å². The molecule has 0 radical (unpaired) electrons. The molecule has 7 heteroatoms. The number of anilines is 1. The van der Waals surface area contributed by atoms with E-state index in [9.17, 15) is 10.1 Å². The SMILES string of the molecule is Cc1nc(-c2ccccc2[N+](=O)[O-])nc(NN)c1C(C)C. The molecule has 1 heterocycles. The van der Waals surface area contributed by atoms with E-state index in [1.54, 1.807) is 18.2 Å². The number of hydrazine groups is 1. The Bertz CT molecular complexity index is 685. The third-order valence-corrected chi connectivity index (χ3v) is 3.19. The minimum atomic E-state index is -0.445. The highest BCUT2D eigenvalue weighted by Gasteiger charge is 2.20. The van der Waals surface area contributed by atoms with Gasteiger partial charge in [0.25, 0.3) is 5.69 Å². The molecule has 7 nitrogen and oxygen atoms in total. The predicted octanol–water partition coefficient (Wildman–Crippen LogP) is 2.77. The van der Waals surface area contributed by atoms with Crippen molar-refractivity contribution in [1.82, 2.24) is 9.97 Å². The largest absolute Gasteiger partial charge is 0.308 e. The van der Waals surface area contributed by atoms with Crippen LogP contribution in [0, 0.1) is 17.0 Å². The molecule has 0 saturated carbocycles. The van der Waals surface area contributed by atoms with Crippen LogP contribution in [-0.4, -0.2) is 14.9 Å². The van der Waals surface area contributed by atoms with Crippen molar-refractivity contribution in [3.63, 3.8) is 0 Å². The van der Waals surface area contributed by atoms with Crippen molar-refractivity contribution in [2.75, 3.05) is 5.43 Å². The Morgan fingerprint density at radius 1 is 1.29 bits per heavy atom. The summed E-state index contributed by atoms with van der Waals surface area (Å²) in [6.07, 6.45) is 0. The molecule has 0 atom stereocenters. The average Bonchev–Trinajstić information content (AvgIpc) is 2.45. The van der Waals surface area contributed by atoms with Crippen LogP contribution in [-0.2, 0) is 0 Å². The first-order valence-electron chi connectivity index (χ1n) is 6.54. The van der Waals surface area contributed by atoms with Crippen molar-refractivity contribution in [3.05, 3.63) is 45.6 Å². The quantitative estimate of drug-likeness (QED) is 0.508. The summed E-state index contributed by atoms with van der Waals surface area (Å²) < 4.78 is 0. The fourth-order valence-corrected chi connectivity index (χ4v) is 2.33. The number of hydrogen-bond acceptors (Lipinski definition) is 6. The number of nitrogens with zero attached hydrogens (tertiary/aromatic N) is 3. The van der Waals surface area contributed by atoms with Crippen LogP contribution in [0.3, 0.4) is 0 Å². The van der Waals surface area contributed by atoms with Gasteiger partial charge >= 0.3 is 0 Å². The van der Waals surface area contributed by atoms with Crippen LogP contribution >= 0.6 is 0 Å². The van der Waals surface area contributed by atoms with Crippen molar-refractivity contribution in [2.45, 2.75) is 26.7 Å². The minimum Gasteiger partial charge on any atom is -0.308 e. The zero-order valence-corrected chi connectivity index (χ0v) is 12.1. The van der Waals surface area contributed by atoms with Crippen molar-refractivity contribution >= 4 is 11.5 Å². The number of para-hydroxylation sites is 1. The number of rotatable bonds is 4. The first kappa shape index (κ1) is 14.9. The third kappa shape index (κ3) is 2.82. The second kappa shape index (κ2) is 5.84. The second-order valence-corrected chi connectivity index (χ2v) is 4.97. The van der Waals surface area contributed by atoms with E-state index in [0.29, 0.717) is 11.4 Å². The van der Waals surface area contributed by atoms with E-state index in [-0.39, 0.29) is 17.4 Å². The molecule has 0 bridgehead atoms. The van der Waals surface area contributed by atoms with Crippen LogP contribution in [0.1, 0.15) is 31.0 Å². The number of aryl methyl sites for hydroxylation is 1. The number of nitrogens with one attached hydrogen (secondary N) is 1. The average molecular weight is 287 g/mol. The summed E-state index contributed by atoms with van der Waals surface area (Å²) in [6.45, 7) is 5.87. The van der Waals surface area contributed by atoms with Gasteiger partial charge < -0.3 is 5.43 Å². The zero-order valence-electron chi connectivity index (χ0n) is 12.1. The Balaban J connectivity index is 2.67. The van der Waals surface area contributed by atoms with Gasteiger partial charge in [-0.05, 0) is 18.9 Å². The fourth-order valence-electron chi connectivity index (χ4n) is 2.33. The molecule has 2 aromatic rings. The molecule has 0 aliphatic carbocycles. The van der Waals surface area contributed by atoms with E-state index < -0.39 is 4.92 Å². The Hall–Kier alpha value is -2.54. The van der Waals surface area contributed by atoms with Gasteiger partial charge in [-0.15, -0.1) is 0 Å². The molecule has 0 aliphatic heterocycles. The number of hydrogen-bond donors (Lipinski definition) is 2.